The highest BCUT2D eigenvalue weighted by molar-refractivity contribution is 5.61. The number of aliphatic hydroxyl groups is 1. The molecule has 34 heavy (non-hydrogen) atoms. The summed E-state index contributed by atoms with van der Waals surface area (Å²) in [4.78, 5) is 0. The molecule has 0 radical (unpaired) electrons. The van der Waals surface area contributed by atoms with E-state index >= 15 is 0 Å². The van der Waals surface area contributed by atoms with Crippen LogP contribution in [-0.4, -0.2) is 21.4 Å². The summed E-state index contributed by atoms with van der Waals surface area (Å²) >= 11 is 0. The van der Waals surface area contributed by atoms with Crippen LogP contribution in [0.1, 0.15) is 43.1 Å². The van der Waals surface area contributed by atoms with Crippen LogP contribution >= 0.6 is 0 Å². The monoisotopic (exact) mass is 471 g/mol. The Balaban J connectivity index is 1.68. The van der Waals surface area contributed by atoms with Crippen molar-refractivity contribution in [2.75, 3.05) is 6.54 Å². The molecule has 1 unspecified atom stereocenters. The Labute approximate surface area is 197 Å². The van der Waals surface area contributed by atoms with E-state index in [-0.39, 0.29) is 17.8 Å². The van der Waals surface area contributed by atoms with Gasteiger partial charge in [-0.15, -0.1) is 0 Å². The molecule has 0 fully saturated rings. The second kappa shape index (κ2) is 10.5. The SMILES string of the molecule is C=C(O)CCNC(=C)c1ccc(C(Oc2ccc(-n3cc(C(F)(F)F)cn3)cc2)C(C)C)cc1. The molecule has 2 N–H and O–H groups in total. The number of hydrogen-bond acceptors (Lipinski definition) is 4. The first-order valence-corrected chi connectivity index (χ1v) is 10.8. The zero-order valence-electron chi connectivity index (χ0n) is 19.1. The molecule has 180 valence electrons. The van der Waals surface area contributed by atoms with Crippen LogP contribution in [0.5, 0.6) is 5.75 Å². The van der Waals surface area contributed by atoms with Crippen LogP contribution in [0.2, 0.25) is 0 Å². The number of ether oxygens (including phenoxy) is 1. The Bertz CT molecular complexity index is 1120. The lowest BCUT2D eigenvalue weighted by atomic mass is 9.97. The van der Waals surface area contributed by atoms with Crippen molar-refractivity contribution in [1.82, 2.24) is 15.1 Å². The van der Waals surface area contributed by atoms with E-state index in [9.17, 15) is 18.3 Å². The van der Waals surface area contributed by atoms with Gasteiger partial charge in [-0.25, -0.2) is 4.68 Å². The Morgan fingerprint density at radius 2 is 1.74 bits per heavy atom. The summed E-state index contributed by atoms with van der Waals surface area (Å²) in [5.41, 5.74) is 2.37. The van der Waals surface area contributed by atoms with E-state index < -0.39 is 11.7 Å². The summed E-state index contributed by atoms with van der Waals surface area (Å²) in [6.45, 7) is 12.1. The number of alkyl halides is 3. The van der Waals surface area contributed by atoms with Gasteiger partial charge in [-0.05, 0) is 41.3 Å². The second-order valence-corrected chi connectivity index (χ2v) is 8.29. The zero-order chi connectivity index (χ0) is 24.9. The van der Waals surface area contributed by atoms with Crippen molar-refractivity contribution in [2.24, 2.45) is 5.92 Å². The number of benzene rings is 2. The van der Waals surface area contributed by atoms with Crippen molar-refractivity contribution in [1.29, 1.82) is 0 Å². The van der Waals surface area contributed by atoms with Crippen LogP contribution in [0, 0.1) is 5.92 Å². The van der Waals surface area contributed by atoms with Gasteiger partial charge in [0.15, 0.2) is 0 Å². The molecule has 0 saturated carbocycles. The lowest BCUT2D eigenvalue weighted by molar-refractivity contribution is -0.137. The fourth-order valence-corrected chi connectivity index (χ4v) is 3.36. The van der Waals surface area contributed by atoms with Crippen LogP contribution in [0.3, 0.4) is 0 Å². The molecule has 3 aromatic rings. The van der Waals surface area contributed by atoms with E-state index in [1.807, 2.05) is 24.3 Å². The first kappa shape index (κ1) is 25.0. The van der Waals surface area contributed by atoms with Gasteiger partial charge in [-0.2, -0.15) is 18.3 Å². The van der Waals surface area contributed by atoms with Crippen molar-refractivity contribution < 1.29 is 23.0 Å². The predicted molar refractivity (Wildman–Crippen MR) is 127 cm³/mol. The Hall–Kier alpha value is -3.68. The Morgan fingerprint density at radius 3 is 2.26 bits per heavy atom. The predicted octanol–water partition coefficient (Wildman–Crippen LogP) is 6.69. The first-order valence-electron chi connectivity index (χ1n) is 10.8. The third kappa shape index (κ3) is 6.43. The smallest absolute Gasteiger partial charge is 0.419 e. The summed E-state index contributed by atoms with van der Waals surface area (Å²) in [6.07, 6.45) is -2.45. The maximum Gasteiger partial charge on any atom is 0.419 e. The molecular weight excluding hydrogens is 443 g/mol. The first-order chi connectivity index (χ1) is 16.0. The summed E-state index contributed by atoms with van der Waals surface area (Å²) < 4.78 is 45.9. The van der Waals surface area contributed by atoms with E-state index in [0.29, 0.717) is 24.4 Å². The van der Waals surface area contributed by atoms with Crippen LogP contribution in [0.4, 0.5) is 13.2 Å². The summed E-state index contributed by atoms with van der Waals surface area (Å²) in [6, 6.07) is 14.6. The topological polar surface area (TPSA) is 59.3 Å². The van der Waals surface area contributed by atoms with Gasteiger partial charge in [0.05, 0.1) is 23.2 Å². The minimum atomic E-state index is -4.43. The lowest BCUT2D eigenvalue weighted by Gasteiger charge is -2.23. The number of hydrogen-bond donors (Lipinski definition) is 2. The molecule has 1 atom stereocenters. The van der Waals surface area contributed by atoms with Crippen LogP contribution in [0.15, 0.2) is 79.8 Å². The van der Waals surface area contributed by atoms with Gasteiger partial charge in [0, 0.05) is 24.9 Å². The summed E-state index contributed by atoms with van der Waals surface area (Å²) in [5, 5.41) is 16.1. The molecular formula is C26H28F3N3O2. The normalized spacial score (nSPS) is 12.4. The van der Waals surface area contributed by atoms with Gasteiger partial charge in [-0.1, -0.05) is 51.3 Å². The van der Waals surface area contributed by atoms with Gasteiger partial charge >= 0.3 is 6.18 Å². The van der Waals surface area contributed by atoms with E-state index in [2.05, 4.69) is 37.4 Å². The molecule has 0 aliphatic carbocycles. The van der Waals surface area contributed by atoms with E-state index in [4.69, 9.17) is 4.74 Å². The van der Waals surface area contributed by atoms with E-state index in [0.717, 1.165) is 29.2 Å². The molecule has 2 aromatic carbocycles. The van der Waals surface area contributed by atoms with E-state index in [1.54, 1.807) is 24.3 Å². The number of aliphatic hydroxyl groups excluding tert-OH is 1. The van der Waals surface area contributed by atoms with Gasteiger partial charge < -0.3 is 15.2 Å². The number of nitrogens with one attached hydrogen (secondary N) is 1. The van der Waals surface area contributed by atoms with E-state index in [1.165, 1.54) is 4.68 Å². The average molecular weight is 472 g/mol. The standard InChI is InChI=1S/C26H28F3N3O2/c1-17(2)25(21-7-5-20(6-8-21)19(4)30-14-13-18(3)33)34-24-11-9-23(10-12-24)32-16-22(15-31-32)26(27,28)29/h5-12,15-17,25,30,33H,3-4,13-14H2,1-2H3. The molecule has 0 bridgehead atoms. The minimum absolute atomic E-state index is 0.122. The maximum absolute atomic E-state index is 12.8. The third-order valence-corrected chi connectivity index (χ3v) is 5.22. The molecule has 8 heteroatoms. The highest BCUT2D eigenvalue weighted by atomic mass is 19.4. The number of aromatic nitrogens is 2. The van der Waals surface area contributed by atoms with Crippen molar-refractivity contribution in [2.45, 2.75) is 32.5 Å². The highest BCUT2D eigenvalue weighted by Gasteiger charge is 2.32. The van der Waals surface area contributed by atoms with Crippen LogP contribution in [0.25, 0.3) is 11.4 Å². The van der Waals surface area contributed by atoms with Crippen LogP contribution in [-0.2, 0) is 6.18 Å². The zero-order valence-corrected chi connectivity index (χ0v) is 19.1. The summed E-state index contributed by atoms with van der Waals surface area (Å²) in [5.74, 6) is 0.893. The Morgan fingerprint density at radius 1 is 1.09 bits per heavy atom. The fourth-order valence-electron chi connectivity index (χ4n) is 3.36. The van der Waals surface area contributed by atoms with Crippen molar-refractivity contribution in [3.05, 3.63) is 96.5 Å². The third-order valence-electron chi connectivity index (χ3n) is 5.22. The maximum atomic E-state index is 12.8. The van der Waals surface area contributed by atoms with Gasteiger partial charge in [-0.3, -0.25) is 0 Å². The largest absolute Gasteiger partial charge is 0.513 e. The molecule has 0 amide bonds. The molecule has 5 nitrogen and oxygen atoms in total. The molecule has 0 spiro atoms. The minimum Gasteiger partial charge on any atom is -0.513 e. The van der Waals surface area contributed by atoms with Crippen molar-refractivity contribution >= 4 is 5.70 Å². The van der Waals surface area contributed by atoms with Gasteiger partial charge in [0.1, 0.15) is 11.9 Å². The molecule has 0 aliphatic heterocycles. The van der Waals surface area contributed by atoms with Gasteiger partial charge in [0.25, 0.3) is 0 Å². The fraction of sp³-hybridized carbons (Fsp3) is 0.269. The highest BCUT2D eigenvalue weighted by Crippen LogP contribution is 2.31. The van der Waals surface area contributed by atoms with Crippen molar-refractivity contribution in [3.63, 3.8) is 0 Å². The molecule has 1 heterocycles. The second-order valence-electron chi connectivity index (χ2n) is 8.29. The molecule has 1 aromatic heterocycles. The number of halogens is 3. The molecule has 0 aliphatic rings. The van der Waals surface area contributed by atoms with Gasteiger partial charge in [0.2, 0.25) is 0 Å². The summed E-state index contributed by atoms with van der Waals surface area (Å²) in [7, 11) is 0. The quantitative estimate of drug-likeness (QED) is 0.324. The Kier molecular flexibility index (Phi) is 7.71. The molecule has 3 rings (SSSR count). The lowest BCUT2D eigenvalue weighted by Crippen LogP contribution is -2.15. The van der Waals surface area contributed by atoms with Crippen molar-refractivity contribution in [3.8, 4) is 11.4 Å². The van der Waals surface area contributed by atoms with Crippen LogP contribution < -0.4 is 10.1 Å². The molecule has 0 saturated heterocycles. The average Bonchev–Trinajstić information content (AvgIpc) is 3.28. The number of nitrogens with zero attached hydrogens (tertiary/aromatic N) is 2. The number of rotatable bonds is 10.